The monoisotopic (exact) mass is 249 g/mol. The maximum absolute atomic E-state index is 5.40. The lowest BCUT2D eigenvalue weighted by Gasteiger charge is -2.30. The molecule has 0 N–H and O–H groups in total. The summed E-state index contributed by atoms with van der Waals surface area (Å²) in [6.07, 6.45) is 5.10. The van der Waals surface area contributed by atoms with Crippen LogP contribution in [-0.4, -0.2) is 27.1 Å². The molecule has 2 aliphatic carbocycles. The Bertz CT molecular complexity index is 407. The molecule has 4 nitrogen and oxygen atoms in total. The van der Waals surface area contributed by atoms with E-state index in [2.05, 4.69) is 35.8 Å². The molecule has 3 rings (SSSR count). The van der Waals surface area contributed by atoms with E-state index in [1.807, 2.05) is 0 Å². The Balaban J connectivity index is 1.67. The molecule has 2 saturated carbocycles. The van der Waals surface area contributed by atoms with Crippen molar-refractivity contribution < 1.29 is 4.52 Å². The summed E-state index contributed by atoms with van der Waals surface area (Å²) in [6.45, 7) is 7.69. The van der Waals surface area contributed by atoms with E-state index in [0.717, 1.165) is 24.3 Å². The van der Waals surface area contributed by atoms with Crippen LogP contribution in [0.15, 0.2) is 4.52 Å². The zero-order valence-electron chi connectivity index (χ0n) is 11.6. The molecule has 0 bridgehead atoms. The molecule has 100 valence electrons. The summed E-state index contributed by atoms with van der Waals surface area (Å²) in [5.74, 6) is 2.98. The Morgan fingerprint density at radius 1 is 1.22 bits per heavy atom. The molecule has 1 heterocycles. The van der Waals surface area contributed by atoms with Gasteiger partial charge in [-0.1, -0.05) is 19.0 Å². The molecule has 0 amide bonds. The van der Waals surface area contributed by atoms with Gasteiger partial charge < -0.3 is 4.52 Å². The fourth-order valence-corrected chi connectivity index (χ4v) is 2.39. The van der Waals surface area contributed by atoms with Gasteiger partial charge in [-0.2, -0.15) is 4.98 Å². The van der Waals surface area contributed by atoms with Crippen molar-refractivity contribution in [1.29, 1.82) is 0 Å². The zero-order chi connectivity index (χ0) is 12.7. The van der Waals surface area contributed by atoms with Gasteiger partial charge in [0.05, 0.1) is 6.54 Å². The first-order valence-electron chi connectivity index (χ1n) is 7.23. The Morgan fingerprint density at radius 3 is 2.50 bits per heavy atom. The van der Waals surface area contributed by atoms with Gasteiger partial charge in [0.15, 0.2) is 5.82 Å². The van der Waals surface area contributed by atoms with E-state index in [1.165, 1.54) is 25.7 Å². The van der Waals surface area contributed by atoms with E-state index < -0.39 is 0 Å². The van der Waals surface area contributed by atoms with Crippen LogP contribution in [0.4, 0.5) is 0 Å². The van der Waals surface area contributed by atoms with Gasteiger partial charge >= 0.3 is 0 Å². The minimum Gasteiger partial charge on any atom is -0.338 e. The minimum absolute atomic E-state index is 0.578. The Hall–Kier alpha value is -0.900. The number of aromatic nitrogens is 2. The third kappa shape index (κ3) is 2.58. The average molecular weight is 249 g/mol. The van der Waals surface area contributed by atoms with Crippen molar-refractivity contribution in [1.82, 2.24) is 15.0 Å². The van der Waals surface area contributed by atoms with Crippen molar-refractivity contribution in [2.45, 2.75) is 71.0 Å². The maximum atomic E-state index is 5.40. The number of hydrogen-bond donors (Lipinski definition) is 0. The first kappa shape index (κ1) is 12.2. The summed E-state index contributed by atoms with van der Waals surface area (Å²) < 4.78 is 5.40. The average Bonchev–Trinajstić information content (AvgIpc) is 3.24. The highest BCUT2D eigenvalue weighted by Gasteiger charge is 2.35. The second-order valence-electron chi connectivity index (χ2n) is 6.21. The van der Waals surface area contributed by atoms with Crippen molar-refractivity contribution in [3.05, 3.63) is 11.7 Å². The fourth-order valence-electron chi connectivity index (χ4n) is 2.39. The van der Waals surface area contributed by atoms with Gasteiger partial charge in [0.25, 0.3) is 0 Å². The molecule has 1 aromatic heterocycles. The first-order valence-corrected chi connectivity index (χ1v) is 7.23. The van der Waals surface area contributed by atoms with E-state index in [0.29, 0.717) is 17.9 Å². The van der Waals surface area contributed by atoms with E-state index >= 15 is 0 Å². The van der Waals surface area contributed by atoms with Crippen LogP contribution in [0, 0.1) is 5.92 Å². The normalized spacial score (nSPS) is 21.8. The first-order chi connectivity index (χ1) is 8.65. The SMILES string of the molecule is CC(C)[C@@H](C)N(Cc1nc(C2CC2)no1)C1CC1. The largest absolute Gasteiger partial charge is 0.338 e. The number of rotatable bonds is 6. The summed E-state index contributed by atoms with van der Waals surface area (Å²) in [4.78, 5) is 7.08. The van der Waals surface area contributed by atoms with Crippen molar-refractivity contribution in [2.75, 3.05) is 0 Å². The van der Waals surface area contributed by atoms with Crippen molar-refractivity contribution in [3.63, 3.8) is 0 Å². The highest BCUT2D eigenvalue weighted by Crippen LogP contribution is 2.38. The summed E-state index contributed by atoms with van der Waals surface area (Å²) in [5, 5.41) is 4.10. The number of hydrogen-bond acceptors (Lipinski definition) is 4. The molecule has 0 aliphatic heterocycles. The lowest BCUT2D eigenvalue weighted by Crippen LogP contribution is -2.38. The summed E-state index contributed by atoms with van der Waals surface area (Å²) in [7, 11) is 0. The molecule has 2 aliphatic rings. The molecule has 0 saturated heterocycles. The van der Waals surface area contributed by atoms with Crippen LogP contribution in [0.25, 0.3) is 0 Å². The van der Waals surface area contributed by atoms with Crippen LogP contribution in [0.1, 0.15) is 64.1 Å². The van der Waals surface area contributed by atoms with Crippen molar-refractivity contribution in [3.8, 4) is 0 Å². The van der Waals surface area contributed by atoms with Gasteiger partial charge in [-0.25, -0.2) is 0 Å². The molecule has 0 spiro atoms. The van der Waals surface area contributed by atoms with Crippen LogP contribution >= 0.6 is 0 Å². The molecule has 0 radical (unpaired) electrons. The highest BCUT2D eigenvalue weighted by atomic mass is 16.5. The molecule has 1 atom stereocenters. The van der Waals surface area contributed by atoms with Gasteiger partial charge in [0.1, 0.15) is 0 Å². The molecular weight excluding hydrogens is 226 g/mol. The predicted molar refractivity (Wildman–Crippen MR) is 69.1 cm³/mol. The molecule has 0 unspecified atom stereocenters. The van der Waals surface area contributed by atoms with Gasteiger partial charge in [-0.05, 0) is 38.5 Å². The third-order valence-electron chi connectivity index (χ3n) is 4.25. The maximum Gasteiger partial charge on any atom is 0.240 e. The second kappa shape index (κ2) is 4.65. The molecule has 0 aromatic carbocycles. The molecule has 2 fully saturated rings. The van der Waals surface area contributed by atoms with Crippen LogP contribution in [0.2, 0.25) is 0 Å². The Kier molecular flexibility index (Phi) is 3.14. The van der Waals surface area contributed by atoms with E-state index in [1.54, 1.807) is 0 Å². The Labute approximate surface area is 109 Å². The van der Waals surface area contributed by atoms with Gasteiger partial charge in [-0.15, -0.1) is 0 Å². The Morgan fingerprint density at radius 2 is 1.94 bits per heavy atom. The predicted octanol–water partition coefficient (Wildman–Crippen LogP) is 2.96. The van der Waals surface area contributed by atoms with Gasteiger partial charge in [0.2, 0.25) is 5.89 Å². The fraction of sp³-hybridized carbons (Fsp3) is 0.857. The van der Waals surface area contributed by atoms with E-state index in [9.17, 15) is 0 Å². The van der Waals surface area contributed by atoms with Crippen LogP contribution in [-0.2, 0) is 6.54 Å². The summed E-state index contributed by atoms with van der Waals surface area (Å²) in [6, 6.07) is 1.31. The van der Waals surface area contributed by atoms with Crippen LogP contribution in [0.5, 0.6) is 0 Å². The van der Waals surface area contributed by atoms with Crippen LogP contribution < -0.4 is 0 Å². The topological polar surface area (TPSA) is 42.2 Å². The van der Waals surface area contributed by atoms with E-state index in [4.69, 9.17) is 4.52 Å². The zero-order valence-corrected chi connectivity index (χ0v) is 11.6. The lowest BCUT2D eigenvalue weighted by molar-refractivity contribution is 0.132. The molecule has 1 aromatic rings. The quantitative estimate of drug-likeness (QED) is 0.777. The van der Waals surface area contributed by atoms with Crippen molar-refractivity contribution >= 4 is 0 Å². The second-order valence-corrected chi connectivity index (χ2v) is 6.21. The molecular formula is C14H23N3O. The van der Waals surface area contributed by atoms with Gasteiger partial charge in [-0.3, -0.25) is 4.90 Å². The summed E-state index contributed by atoms with van der Waals surface area (Å²) in [5.41, 5.74) is 0. The minimum atomic E-state index is 0.578. The number of nitrogens with zero attached hydrogens (tertiary/aromatic N) is 3. The summed E-state index contributed by atoms with van der Waals surface area (Å²) >= 11 is 0. The van der Waals surface area contributed by atoms with Crippen LogP contribution in [0.3, 0.4) is 0 Å². The van der Waals surface area contributed by atoms with Gasteiger partial charge in [0, 0.05) is 18.0 Å². The third-order valence-corrected chi connectivity index (χ3v) is 4.25. The molecule has 18 heavy (non-hydrogen) atoms. The molecule has 4 heteroatoms. The standard InChI is InChI=1S/C14H23N3O/c1-9(2)10(3)17(12-6-7-12)8-13-15-14(16-18-13)11-4-5-11/h9-12H,4-8H2,1-3H3/t10-/m1/s1. The van der Waals surface area contributed by atoms with E-state index in [-0.39, 0.29) is 0 Å². The lowest BCUT2D eigenvalue weighted by atomic mass is 10.0. The van der Waals surface area contributed by atoms with Crippen molar-refractivity contribution in [2.24, 2.45) is 5.92 Å². The smallest absolute Gasteiger partial charge is 0.240 e. The highest BCUT2D eigenvalue weighted by molar-refractivity contribution is 5.03.